The number of hydrogen-bond acceptors (Lipinski definition) is 3. The predicted molar refractivity (Wildman–Crippen MR) is 87.2 cm³/mol. The lowest BCUT2D eigenvalue weighted by Crippen LogP contribution is -2.22. The van der Waals surface area contributed by atoms with Gasteiger partial charge in [-0.15, -0.1) is 0 Å². The molecule has 106 valence electrons. The van der Waals surface area contributed by atoms with Gasteiger partial charge in [0.15, 0.2) is 0 Å². The zero-order valence-corrected chi connectivity index (χ0v) is 13.1. The van der Waals surface area contributed by atoms with Crippen LogP contribution in [0.15, 0.2) is 46.9 Å². The van der Waals surface area contributed by atoms with E-state index in [1.165, 1.54) is 0 Å². The smallest absolute Gasteiger partial charge is 0.243 e. The molecule has 0 heterocycles. The predicted octanol–water partition coefficient (Wildman–Crippen LogP) is 3.68. The minimum absolute atomic E-state index is 0.141. The summed E-state index contributed by atoms with van der Waals surface area (Å²) in [5.74, 6) is -0.144. The van der Waals surface area contributed by atoms with Crippen LogP contribution in [-0.4, -0.2) is 12.5 Å². The van der Waals surface area contributed by atoms with Gasteiger partial charge in [0.2, 0.25) is 5.91 Å². The van der Waals surface area contributed by atoms with Crippen molar-refractivity contribution in [2.75, 3.05) is 17.2 Å². The van der Waals surface area contributed by atoms with Crippen LogP contribution in [-0.2, 0) is 4.79 Å². The number of hydrogen-bond donors (Lipinski definition) is 2. The van der Waals surface area contributed by atoms with E-state index < -0.39 is 0 Å². The number of aryl methyl sites for hydroxylation is 1. The molecule has 0 aromatic heterocycles. The number of anilines is 2. The summed E-state index contributed by atoms with van der Waals surface area (Å²) < 4.78 is 0.908. The molecule has 0 saturated heterocycles. The fraction of sp³-hybridized carbons (Fsp3) is 0.125. The largest absolute Gasteiger partial charge is 0.376 e. The molecule has 5 heteroatoms. The highest BCUT2D eigenvalue weighted by Crippen LogP contribution is 2.17. The van der Waals surface area contributed by atoms with Gasteiger partial charge in [-0.1, -0.05) is 28.1 Å². The van der Waals surface area contributed by atoms with Crippen molar-refractivity contribution in [3.8, 4) is 6.07 Å². The Hall–Kier alpha value is -2.32. The SMILES string of the molecule is Cc1ccc(C#N)cc1NCC(=O)Nc1cccc(Br)c1. The molecule has 0 spiro atoms. The van der Waals surface area contributed by atoms with E-state index in [1.54, 1.807) is 12.1 Å². The lowest BCUT2D eigenvalue weighted by molar-refractivity contribution is -0.114. The number of nitriles is 1. The van der Waals surface area contributed by atoms with Crippen molar-refractivity contribution in [2.45, 2.75) is 6.92 Å². The average molecular weight is 344 g/mol. The van der Waals surface area contributed by atoms with Gasteiger partial charge in [-0.25, -0.2) is 0 Å². The van der Waals surface area contributed by atoms with E-state index >= 15 is 0 Å². The first kappa shape index (κ1) is 15.1. The van der Waals surface area contributed by atoms with Crippen LogP contribution in [0.2, 0.25) is 0 Å². The molecule has 0 saturated carbocycles. The second-order valence-corrected chi connectivity index (χ2v) is 5.47. The van der Waals surface area contributed by atoms with Crippen LogP contribution >= 0.6 is 15.9 Å². The minimum Gasteiger partial charge on any atom is -0.376 e. The average Bonchev–Trinajstić information content (AvgIpc) is 2.46. The van der Waals surface area contributed by atoms with Crippen LogP contribution in [0.1, 0.15) is 11.1 Å². The summed E-state index contributed by atoms with van der Waals surface area (Å²) >= 11 is 3.36. The van der Waals surface area contributed by atoms with E-state index in [4.69, 9.17) is 5.26 Å². The minimum atomic E-state index is -0.144. The van der Waals surface area contributed by atoms with Crippen molar-refractivity contribution < 1.29 is 4.79 Å². The number of amides is 1. The summed E-state index contributed by atoms with van der Waals surface area (Å²) in [6.45, 7) is 2.07. The lowest BCUT2D eigenvalue weighted by Gasteiger charge is -2.10. The Kier molecular flexibility index (Phi) is 4.96. The maximum absolute atomic E-state index is 11.9. The van der Waals surface area contributed by atoms with Gasteiger partial charge in [0, 0.05) is 15.8 Å². The summed E-state index contributed by atoms with van der Waals surface area (Å²) in [5, 5.41) is 14.7. The number of carbonyl (C=O) groups is 1. The van der Waals surface area contributed by atoms with E-state index in [9.17, 15) is 4.79 Å². The number of nitrogens with one attached hydrogen (secondary N) is 2. The molecule has 1 amide bonds. The molecule has 0 radical (unpaired) electrons. The van der Waals surface area contributed by atoms with E-state index in [2.05, 4.69) is 32.6 Å². The maximum Gasteiger partial charge on any atom is 0.243 e. The summed E-state index contributed by atoms with van der Waals surface area (Å²) in [7, 11) is 0. The van der Waals surface area contributed by atoms with Crippen molar-refractivity contribution in [1.82, 2.24) is 0 Å². The van der Waals surface area contributed by atoms with Gasteiger partial charge < -0.3 is 10.6 Å². The van der Waals surface area contributed by atoms with Gasteiger partial charge in [0.05, 0.1) is 18.2 Å². The Balaban J connectivity index is 1.97. The van der Waals surface area contributed by atoms with Gasteiger partial charge in [0.25, 0.3) is 0 Å². The van der Waals surface area contributed by atoms with Crippen LogP contribution < -0.4 is 10.6 Å². The van der Waals surface area contributed by atoms with E-state index in [-0.39, 0.29) is 12.5 Å². The molecule has 4 nitrogen and oxygen atoms in total. The molecule has 2 aromatic carbocycles. The molecule has 0 unspecified atom stereocenters. The first-order chi connectivity index (χ1) is 10.1. The van der Waals surface area contributed by atoms with Crippen LogP contribution in [0, 0.1) is 18.3 Å². The molecule has 0 aliphatic rings. The Bertz CT molecular complexity index is 707. The molecule has 2 aromatic rings. The third kappa shape index (κ3) is 4.33. The standard InChI is InChI=1S/C16H14BrN3O/c1-11-5-6-12(9-18)7-15(11)19-10-16(21)20-14-4-2-3-13(17)8-14/h2-8,19H,10H2,1H3,(H,20,21). The molecule has 0 atom stereocenters. The fourth-order valence-corrected chi connectivity index (χ4v) is 2.23. The van der Waals surface area contributed by atoms with Crippen molar-refractivity contribution in [3.63, 3.8) is 0 Å². The number of halogens is 1. The fourth-order valence-electron chi connectivity index (χ4n) is 1.83. The van der Waals surface area contributed by atoms with Crippen molar-refractivity contribution in [1.29, 1.82) is 5.26 Å². The zero-order valence-electron chi connectivity index (χ0n) is 11.5. The summed E-state index contributed by atoms with van der Waals surface area (Å²) in [6.07, 6.45) is 0. The van der Waals surface area contributed by atoms with Crippen molar-refractivity contribution in [2.24, 2.45) is 0 Å². The topological polar surface area (TPSA) is 64.9 Å². The summed E-state index contributed by atoms with van der Waals surface area (Å²) in [4.78, 5) is 11.9. The Labute approximate surface area is 131 Å². The lowest BCUT2D eigenvalue weighted by atomic mass is 10.1. The second-order valence-electron chi connectivity index (χ2n) is 4.55. The Morgan fingerprint density at radius 2 is 2.10 bits per heavy atom. The highest BCUT2D eigenvalue weighted by Gasteiger charge is 2.05. The molecule has 0 bridgehead atoms. The van der Waals surface area contributed by atoms with Gasteiger partial charge in [-0.2, -0.15) is 5.26 Å². The summed E-state index contributed by atoms with van der Waals surface area (Å²) in [6, 6.07) is 14.8. The van der Waals surface area contributed by atoms with Gasteiger partial charge in [-0.05, 0) is 42.8 Å². The first-order valence-corrected chi connectivity index (χ1v) is 7.18. The molecule has 0 aliphatic carbocycles. The molecule has 0 fully saturated rings. The molecule has 21 heavy (non-hydrogen) atoms. The Morgan fingerprint density at radius 1 is 1.29 bits per heavy atom. The van der Waals surface area contributed by atoms with Crippen LogP contribution in [0.3, 0.4) is 0 Å². The Morgan fingerprint density at radius 3 is 2.81 bits per heavy atom. The number of rotatable bonds is 4. The third-order valence-corrected chi connectivity index (χ3v) is 3.41. The van der Waals surface area contributed by atoms with Crippen LogP contribution in [0.4, 0.5) is 11.4 Å². The highest BCUT2D eigenvalue weighted by atomic mass is 79.9. The molecule has 2 N–H and O–H groups in total. The second kappa shape index (κ2) is 6.91. The van der Waals surface area contributed by atoms with E-state index in [0.717, 1.165) is 21.4 Å². The van der Waals surface area contributed by atoms with E-state index in [0.29, 0.717) is 5.56 Å². The van der Waals surface area contributed by atoms with E-state index in [1.807, 2.05) is 37.3 Å². The molecular formula is C16H14BrN3O. The highest BCUT2D eigenvalue weighted by molar-refractivity contribution is 9.10. The zero-order chi connectivity index (χ0) is 15.2. The van der Waals surface area contributed by atoms with Crippen molar-refractivity contribution >= 4 is 33.2 Å². The van der Waals surface area contributed by atoms with Gasteiger partial charge in [0.1, 0.15) is 0 Å². The molecule has 2 rings (SSSR count). The summed E-state index contributed by atoms with van der Waals surface area (Å²) in [5.41, 5.74) is 3.08. The monoisotopic (exact) mass is 343 g/mol. The number of benzene rings is 2. The first-order valence-electron chi connectivity index (χ1n) is 6.38. The van der Waals surface area contributed by atoms with Crippen LogP contribution in [0.5, 0.6) is 0 Å². The normalized spacial score (nSPS) is 9.76. The van der Waals surface area contributed by atoms with Gasteiger partial charge >= 0.3 is 0 Å². The van der Waals surface area contributed by atoms with Crippen molar-refractivity contribution in [3.05, 3.63) is 58.1 Å². The number of nitrogens with zero attached hydrogens (tertiary/aromatic N) is 1. The quantitative estimate of drug-likeness (QED) is 0.889. The number of carbonyl (C=O) groups excluding carboxylic acids is 1. The molecule has 0 aliphatic heterocycles. The van der Waals surface area contributed by atoms with Crippen LogP contribution in [0.25, 0.3) is 0 Å². The third-order valence-electron chi connectivity index (χ3n) is 2.91. The van der Waals surface area contributed by atoms with Gasteiger partial charge in [-0.3, -0.25) is 4.79 Å². The molecular weight excluding hydrogens is 330 g/mol. The maximum atomic E-state index is 11.9.